The van der Waals surface area contributed by atoms with Gasteiger partial charge >= 0.3 is 0 Å². The van der Waals surface area contributed by atoms with Crippen LogP contribution in [0.15, 0.2) is 23.2 Å². The van der Waals surface area contributed by atoms with E-state index in [-0.39, 0.29) is 5.69 Å². The quantitative estimate of drug-likeness (QED) is 0.660. The lowest BCUT2D eigenvalue weighted by molar-refractivity contribution is -0.262. The maximum Gasteiger partial charge on any atom is 0.294 e. The first-order valence-corrected chi connectivity index (χ1v) is 8.16. The van der Waals surface area contributed by atoms with Crippen LogP contribution in [0.2, 0.25) is 0 Å². The number of hydrogen-bond acceptors (Lipinski definition) is 5. The SMILES string of the molecule is CC.CC.CCSc1ccnc(C(O)(O)N(C)C(C)=O)c1. The molecule has 0 aliphatic rings. The van der Waals surface area contributed by atoms with Crippen LogP contribution < -0.4 is 0 Å². The first-order chi connectivity index (χ1) is 9.89. The Bertz CT molecular complexity index is 412. The van der Waals surface area contributed by atoms with Crippen LogP contribution in [0.4, 0.5) is 0 Å². The molecule has 0 bridgehead atoms. The molecular formula is C15H28N2O3S. The van der Waals surface area contributed by atoms with Crippen molar-refractivity contribution >= 4 is 17.7 Å². The molecule has 0 spiro atoms. The third-order valence-electron chi connectivity index (χ3n) is 2.33. The molecule has 1 aromatic rings. The normalized spacial score (nSPS) is 9.76. The molecule has 0 atom stereocenters. The van der Waals surface area contributed by atoms with Gasteiger partial charge in [0.25, 0.3) is 5.91 Å². The van der Waals surface area contributed by atoms with Crippen molar-refractivity contribution in [1.82, 2.24) is 9.88 Å². The summed E-state index contributed by atoms with van der Waals surface area (Å²) in [6, 6.07) is 3.34. The summed E-state index contributed by atoms with van der Waals surface area (Å²) >= 11 is 1.56. The number of nitrogens with zero attached hydrogens (tertiary/aromatic N) is 2. The Morgan fingerprint density at radius 1 is 1.33 bits per heavy atom. The lowest BCUT2D eigenvalue weighted by Gasteiger charge is -2.30. The Morgan fingerprint density at radius 3 is 2.29 bits per heavy atom. The van der Waals surface area contributed by atoms with Crippen LogP contribution in [0, 0.1) is 0 Å². The van der Waals surface area contributed by atoms with E-state index in [0.29, 0.717) is 0 Å². The molecule has 0 aliphatic carbocycles. The third-order valence-corrected chi connectivity index (χ3v) is 3.20. The summed E-state index contributed by atoms with van der Waals surface area (Å²) in [4.78, 5) is 16.7. The first kappa shape index (κ1) is 22.2. The topological polar surface area (TPSA) is 73.7 Å². The van der Waals surface area contributed by atoms with E-state index in [0.717, 1.165) is 15.5 Å². The van der Waals surface area contributed by atoms with Gasteiger partial charge in [-0.3, -0.25) is 14.7 Å². The Hall–Kier alpha value is -1.11. The van der Waals surface area contributed by atoms with Crippen LogP contribution in [0.3, 0.4) is 0 Å². The molecule has 1 rings (SSSR count). The lowest BCUT2D eigenvalue weighted by atomic mass is 10.2. The highest BCUT2D eigenvalue weighted by atomic mass is 32.2. The van der Waals surface area contributed by atoms with Gasteiger partial charge in [-0.05, 0) is 17.9 Å². The van der Waals surface area contributed by atoms with E-state index in [1.807, 2.05) is 34.6 Å². The van der Waals surface area contributed by atoms with Gasteiger partial charge in [0.1, 0.15) is 5.69 Å². The second-order valence-electron chi connectivity index (χ2n) is 3.52. The summed E-state index contributed by atoms with van der Waals surface area (Å²) < 4.78 is 0. The molecule has 122 valence electrons. The minimum atomic E-state index is -2.38. The van der Waals surface area contributed by atoms with E-state index < -0.39 is 11.8 Å². The molecule has 0 saturated carbocycles. The number of thioether (sulfide) groups is 1. The smallest absolute Gasteiger partial charge is 0.294 e. The Morgan fingerprint density at radius 2 is 1.86 bits per heavy atom. The van der Waals surface area contributed by atoms with E-state index in [9.17, 15) is 15.0 Å². The standard InChI is InChI=1S/C11H16N2O3S.2C2H6/c1-4-17-9-5-6-12-10(7-9)11(15,16)13(3)8(2)14;2*1-2/h5-7,15-16H,4H2,1-3H3;2*1-2H3. The molecular weight excluding hydrogens is 288 g/mol. The van der Waals surface area contributed by atoms with Gasteiger partial charge in [-0.25, -0.2) is 0 Å². The summed E-state index contributed by atoms with van der Waals surface area (Å²) in [7, 11) is 1.31. The van der Waals surface area contributed by atoms with Crippen molar-refractivity contribution in [3.05, 3.63) is 24.0 Å². The van der Waals surface area contributed by atoms with E-state index in [4.69, 9.17) is 0 Å². The van der Waals surface area contributed by atoms with Crippen LogP contribution in [0.5, 0.6) is 0 Å². The van der Waals surface area contributed by atoms with Crippen molar-refractivity contribution in [1.29, 1.82) is 0 Å². The van der Waals surface area contributed by atoms with E-state index in [1.54, 1.807) is 23.9 Å². The van der Waals surface area contributed by atoms with Gasteiger partial charge in [-0.2, -0.15) is 0 Å². The van der Waals surface area contributed by atoms with Gasteiger partial charge in [-0.1, -0.05) is 34.6 Å². The fourth-order valence-electron chi connectivity index (χ4n) is 1.24. The summed E-state index contributed by atoms with van der Waals surface area (Å²) in [5, 5.41) is 19.8. The Labute approximate surface area is 132 Å². The molecule has 6 heteroatoms. The molecule has 2 N–H and O–H groups in total. The second-order valence-corrected chi connectivity index (χ2v) is 4.86. The van der Waals surface area contributed by atoms with Crippen molar-refractivity contribution in [3.63, 3.8) is 0 Å². The molecule has 0 saturated heterocycles. The lowest BCUT2D eigenvalue weighted by Crippen LogP contribution is -2.46. The second kappa shape index (κ2) is 11.5. The van der Waals surface area contributed by atoms with Crippen molar-refractivity contribution in [2.24, 2.45) is 0 Å². The molecule has 5 nitrogen and oxygen atoms in total. The average Bonchev–Trinajstić information content (AvgIpc) is 2.51. The zero-order valence-electron chi connectivity index (χ0n) is 14.0. The number of hydrogen-bond donors (Lipinski definition) is 2. The highest BCUT2D eigenvalue weighted by molar-refractivity contribution is 7.99. The number of carbonyl (C=O) groups is 1. The van der Waals surface area contributed by atoms with Crippen LogP contribution in [-0.4, -0.2) is 38.8 Å². The molecule has 1 heterocycles. The monoisotopic (exact) mass is 316 g/mol. The van der Waals surface area contributed by atoms with Crippen LogP contribution >= 0.6 is 11.8 Å². The molecule has 0 radical (unpaired) electrons. The number of pyridine rings is 1. The van der Waals surface area contributed by atoms with Crippen molar-refractivity contribution in [2.45, 2.75) is 52.3 Å². The molecule has 1 amide bonds. The Kier molecular flexibility index (Phi) is 12.2. The highest BCUT2D eigenvalue weighted by Gasteiger charge is 2.35. The van der Waals surface area contributed by atoms with Crippen molar-refractivity contribution in [3.8, 4) is 0 Å². The van der Waals surface area contributed by atoms with E-state index in [2.05, 4.69) is 4.98 Å². The molecule has 1 aromatic heterocycles. The molecule has 0 aromatic carbocycles. The van der Waals surface area contributed by atoms with Gasteiger partial charge in [0.2, 0.25) is 5.91 Å². The zero-order valence-corrected chi connectivity index (χ0v) is 14.9. The predicted molar refractivity (Wildman–Crippen MR) is 87.9 cm³/mol. The van der Waals surface area contributed by atoms with Crippen LogP contribution in [-0.2, 0) is 10.7 Å². The van der Waals surface area contributed by atoms with Crippen molar-refractivity contribution in [2.75, 3.05) is 12.8 Å². The summed E-state index contributed by atoms with van der Waals surface area (Å²) in [6.07, 6.45) is 1.49. The van der Waals surface area contributed by atoms with E-state index >= 15 is 0 Å². The van der Waals surface area contributed by atoms with Gasteiger partial charge < -0.3 is 10.2 Å². The number of aliphatic hydroxyl groups is 2. The molecule has 0 unspecified atom stereocenters. The number of aromatic nitrogens is 1. The zero-order chi connectivity index (χ0) is 17.1. The summed E-state index contributed by atoms with van der Waals surface area (Å²) in [6.45, 7) is 11.3. The molecule has 21 heavy (non-hydrogen) atoms. The summed E-state index contributed by atoms with van der Waals surface area (Å²) in [5.74, 6) is -1.96. The van der Waals surface area contributed by atoms with Gasteiger partial charge in [0.05, 0.1) is 0 Å². The van der Waals surface area contributed by atoms with Crippen molar-refractivity contribution < 1.29 is 15.0 Å². The maximum absolute atomic E-state index is 11.1. The minimum Gasteiger partial charge on any atom is -0.344 e. The fourth-order valence-corrected chi connectivity index (χ4v) is 1.93. The highest BCUT2D eigenvalue weighted by Crippen LogP contribution is 2.24. The minimum absolute atomic E-state index is 0.0358. The fraction of sp³-hybridized carbons (Fsp3) is 0.600. The maximum atomic E-state index is 11.1. The first-order valence-electron chi connectivity index (χ1n) is 7.18. The van der Waals surface area contributed by atoms with E-state index in [1.165, 1.54) is 20.2 Å². The number of amides is 1. The third kappa shape index (κ3) is 6.93. The van der Waals surface area contributed by atoms with Gasteiger partial charge in [0, 0.05) is 25.1 Å². The Balaban J connectivity index is 0. The van der Waals surface area contributed by atoms with Crippen LogP contribution in [0.1, 0.15) is 47.2 Å². The van der Waals surface area contributed by atoms with Gasteiger partial charge in [-0.15, -0.1) is 11.8 Å². The number of carbonyl (C=O) groups excluding carboxylic acids is 1. The predicted octanol–water partition coefficient (Wildman–Crippen LogP) is 2.82. The molecule has 0 fully saturated rings. The van der Waals surface area contributed by atoms with Crippen LogP contribution in [0.25, 0.3) is 0 Å². The van der Waals surface area contributed by atoms with Gasteiger partial charge in [0.15, 0.2) is 0 Å². The summed E-state index contributed by atoms with van der Waals surface area (Å²) in [5.41, 5.74) is 0.0358. The number of rotatable bonds is 4. The molecule has 0 aliphatic heterocycles. The largest absolute Gasteiger partial charge is 0.344 e. The average molecular weight is 316 g/mol.